The van der Waals surface area contributed by atoms with Crippen molar-refractivity contribution in [3.05, 3.63) is 35.6 Å². The SMILES string of the molecule is CN1CCN(C(=O)C2CC2C(=O)NCCc2ccccc2F)CC1. The van der Waals surface area contributed by atoms with Gasteiger partial charge in [0, 0.05) is 32.7 Å². The number of carbonyl (C=O) groups is 2. The van der Waals surface area contributed by atoms with Crippen LogP contribution < -0.4 is 5.32 Å². The lowest BCUT2D eigenvalue weighted by Gasteiger charge is -2.32. The molecule has 2 fully saturated rings. The molecule has 2 unspecified atom stereocenters. The Labute approximate surface area is 141 Å². The fraction of sp³-hybridized carbons (Fsp3) is 0.556. The third-order valence-electron chi connectivity index (χ3n) is 4.91. The molecule has 2 amide bonds. The number of likely N-dealkylation sites (N-methyl/N-ethyl adjacent to an activating group) is 1. The molecule has 0 spiro atoms. The highest BCUT2D eigenvalue weighted by Gasteiger charge is 2.49. The van der Waals surface area contributed by atoms with Gasteiger partial charge in [-0.1, -0.05) is 18.2 Å². The Morgan fingerprint density at radius 3 is 2.58 bits per heavy atom. The summed E-state index contributed by atoms with van der Waals surface area (Å²) in [6.07, 6.45) is 1.10. The second-order valence-electron chi connectivity index (χ2n) is 6.71. The second kappa shape index (κ2) is 7.30. The van der Waals surface area contributed by atoms with Crippen molar-refractivity contribution in [1.29, 1.82) is 0 Å². The minimum absolute atomic E-state index is 0.0844. The molecule has 0 bridgehead atoms. The first-order valence-corrected chi connectivity index (χ1v) is 8.54. The molecule has 1 N–H and O–H groups in total. The normalized spacial score (nSPS) is 23.8. The first kappa shape index (κ1) is 16.9. The van der Waals surface area contributed by atoms with Crippen molar-refractivity contribution >= 4 is 11.8 Å². The molecule has 1 aliphatic carbocycles. The van der Waals surface area contributed by atoms with Gasteiger partial charge in [-0.05, 0) is 31.5 Å². The van der Waals surface area contributed by atoms with Crippen LogP contribution in [0.15, 0.2) is 24.3 Å². The van der Waals surface area contributed by atoms with Gasteiger partial charge in [-0.25, -0.2) is 4.39 Å². The van der Waals surface area contributed by atoms with Gasteiger partial charge in [0.1, 0.15) is 5.82 Å². The number of amides is 2. The van der Waals surface area contributed by atoms with Crippen LogP contribution in [-0.2, 0) is 16.0 Å². The maximum absolute atomic E-state index is 13.5. The maximum Gasteiger partial charge on any atom is 0.226 e. The van der Waals surface area contributed by atoms with E-state index in [4.69, 9.17) is 0 Å². The summed E-state index contributed by atoms with van der Waals surface area (Å²) >= 11 is 0. The van der Waals surface area contributed by atoms with Gasteiger partial charge >= 0.3 is 0 Å². The summed E-state index contributed by atoms with van der Waals surface area (Å²) in [4.78, 5) is 28.6. The number of hydrogen-bond acceptors (Lipinski definition) is 3. The molecule has 2 atom stereocenters. The topological polar surface area (TPSA) is 52.7 Å². The van der Waals surface area contributed by atoms with E-state index < -0.39 is 0 Å². The van der Waals surface area contributed by atoms with E-state index in [2.05, 4.69) is 10.2 Å². The first-order chi connectivity index (χ1) is 11.6. The predicted octanol–water partition coefficient (Wildman–Crippen LogP) is 0.895. The minimum Gasteiger partial charge on any atom is -0.356 e. The van der Waals surface area contributed by atoms with Crippen molar-refractivity contribution in [1.82, 2.24) is 15.1 Å². The van der Waals surface area contributed by atoms with E-state index in [1.165, 1.54) is 6.07 Å². The van der Waals surface area contributed by atoms with E-state index in [0.29, 0.717) is 24.9 Å². The Bertz CT molecular complexity index is 614. The van der Waals surface area contributed by atoms with Crippen molar-refractivity contribution in [3.8, 4) is 0 Å². The molecule has 5 nitrogen and oxygen atoms in total. The van der Waals surface area contributed by atoms with Gasteiger partial charge < -0.3 is 15.1 Å². The lowest BCUT2D eigenvalue weighted by Crippen LogP contribution is -2.48. The van der Waals surface area contributed by atoms with E-state index in [9.17, 15) is 14.0 Å². The molecule has 1 aliphatic heterocycles. The van der Waals surface area contributed by atoms with Crippen LogP contribution in [0, 0.1) is 17.7 Å². The van der Waals surface area contributed by atoms with Crippen molar-refractivity contribution in [2.45, 2.75) is 12.8 Å². The number of carbonyl (C=O) groups excluding carboxylic acids is 2. The largest absolute Gasteiger partial charge is 0.356 e. The van der Waals surface area contributed by atoms with Crippen LogP contribution in [0.25, 0.3) is 0 Å². The quantitative estimate of drug-likeness (QED) is 0.871. The average molecular weight is 333 g/mol. The van der Waals surface area contributed by atoms with Crippen molar-refractivity contribution in [3.63, 3.8) is 0 Å². The Balaban J connectivity index is 1.41. The van der Waals surface area contributed by atoms with E-state index in [-0.39, 0.29) is 29.5 Å². The fourth-order valence-corrected chi connectivity index (χ4v) is 3.17. The van der Waals surface area contributed by atoms with Crippen LogP contribution in [0.2, 0.25) is 0 Å². The molecule has 3 rings (SSSR count). The molecule has 1 aromatic carbocycles. The Hall–Kier alpha value is -1.95. The van der Waals surface area contributed by atoms with E-state index >= 15 is 0 Å². The van der Waals surface area contributed by atoms with Crippen LogP contribution >= 0.6 is 0 Å². The molecule has 0 radical (unpaired) electrons. The molecule has 24 heavy (non-hydrogen) atoms. The van der Waals surface area contributed by atoms with Gasteiger partial charge in [-0.15, -0.1) is 0 Å². The van der Waals surface area contributed by atoms with Gasteiger partial charge in [0.25, 0.3) is 0 Å². The zero-order valence-corrected chi connectivity index (χ0v) is 14.0. The van der Waals surface area contributed by atoms with E-state index in [1.807, 2.05) is 11.9 Å². The molecule has 1 heterocycles. The number of hydrogen-bond donors (Lipinski definition) is 1. The monoisotopic (exact) mass is 333 g/mol. The van der Waals surface area contributed by atoms with Gasteiger partial charge in [0.15, 0.2) is 0 Å². The van der Waals surface area contributed by atoms with Crippen LogP contribution in [0.1, 0.15) is 12.0 Å². The maximum atomic E-state index is 13.5. The summed E-state index contributed by atoms with van der Waals surface area (Å²) in [5.41, 5.74) is 0.596. The standard InChI is InChI=1S/C18H24FN3O2/c1-21-8-10-22(11-9-21)18(24)15-12-14(15)17(23)20-7-6-13-4-2-3-5-16(13)19/h2-5,14-15H,6-12H2,1H3,(H,20,23). The second-order valence-corrected chi connectivity index (χ2v) is 6.71. The summed E-state index contributed by atoms with van der Waals surface area (Å²) < 4.78 is 13.5. The highest BCUT2D eigenvalue weighted by molar-refractivity contribution is 5.92. The molecule has 130 valence electrons. The van der Waals surface area contributed by atoms with Gasteiger partial charge in [0.2, 0.25) is 11.8 Å². The van der Waals surface area contributed by atoms with Crippen LogP contribution in [0.3, 0.4) is 0 Å². The summed E-state index contributed by atoms with van der Waals surface area (Å²) in [7, 11) is 2.05. The van der Waals surface area contributed by atoms with Crippen LogP contribution in [0.4, 0.5) is 4.39 Å². The third kappa shape index (κ3) is 3.93. The number of benzene rings is 1. The van der Waals surface area contributed by atoms with Gasteiger partial charge in [-0.2, -0.15) is 0 Å². The highest BCUT2D eigenvalue weighted by atomic mass is 19.1. The van der Waals surface area contributed by atoms with Crippen molar-refractivity contribution < 1.29 is 14.0 Å². The Kier molecular flexibility index (Phi) is 5.14. The number of nitrogens with zero attached hydrogens (tertiary/aromatic N) is 2. The minimum atomic E-state index is -0.249. The molecular weight excluding hydrogens is 309 g/mol. The van der Waals surface area contributed by atoms with Gasteiger partial charge in [-0.3, -0.25) is 9.59 Å². The molecule has 1 saturated heterocycles. The van der Waals surface area contributed by atoms with Crippen molar-refractivity contribution in [2.24, 2.45) is 11.8 Å². The summed E-state index contributed by atoms with van der Waals surface area (Å²) in [6.45, 7) is 3.66. The summed E-state index contributed by atoms with van der Waals surface area (Å²) in [5, 5.41) is 2.83. The van der Waals surface area contributed by atoms with Crippen LogP contribution in [0.5, 0.6) is 0 Å². The lowest BCUT2D eigenvalue weighted by atomic mass is 10.1. The number of piperazine rings is 1. The van der Waals surface area contributed by atoms with Crippen molar-refractivity contribution in [2.75, 3.05) is 39.8 Å². The number of halogens is 1. The van der Waals surface area contributed by atoms with Crippen LogP contribution in [-0.4, -0.2) is 61.4 Å². The predicted molar refractivity (Wildman–Crippen MR) is 88.8 cm³/mol. The fourth-order valence-electron chi connectivity index (χ4n) is 3.17. The molecule has 1 aromatic rings. The zero-order valence-electron chi connectivity index (χ0n) is 14.0. The number of nitrogens with one attached hydrogen (secondary N) is 1. The molecule has 6 heteroatoms. The molecule has 1 saturated carbocycles. The van der Waals surface area contributed by atoms with E-state index in [0.717, 1.165) is 26.2 Å². The Morgan fingerprint density at radius 1 is 1.17 bits per heavy atom. The summed E-state index contributed by atoms with van der Waals surface area (Å²) in [5.74, 6) is -0.600. The number of rotatable bonds is 5. The highest BCUT2D eigenvalue weighted by Crippen LogP contribution is 2.40. The smallest absolute Gasteiger partial charge is 0.226 e. The molecule has 0 aromatic heterocycles. The third-order valence-corrected chi connectivity index (χ3v) is 4.91. The summed E-state index contributed by atoms with van der Waals surface area (Å²) in [6, 6.07) is 6.57. The van der Waals surface area contributed by atoms with E-state index in [1.54, 1.807) is 18.2 Å². The van der Waals surface area contributed by atoms with Gasteiger partial charge in [0.05, 0.1) is 11.8 Å². The molecule has 2 aliphatic rings. The average Bonchev–Trinajstić information content (AvgIpc) is 3.37. The Morgan fingerprint density at radius 2 is 1.88 bits per heavy atom. The first-order valence-electron chi connectivity index (χ1n) is 8.54. The zero-order chi connectivity index (χ0) is 17.1. The lowest BCUT2D eigenvalue weighted by molar-refractivity contribution is -0.136. The molecular formula is C18H24FN3O2.